The zero-order valence-electron chi connectivity index (χ0n) is 13.2. The molecule has 1 heterocycles. The fourth-order valence-corrected chi connectivity index (χ4v) is 2.38. The second kappa shape index (κ2) is 7.59. The lowest BCUT2D eigenvalue weighted by Crippen LogP contribution is -2.16. The van der Waals surface area contributed by atoms with Gasteiger partial charge in [0.25, 0.3) is 5.56 Å². The summed E-state index contributed by atoms with van der Waals surface area (Å²) in [5.74, 6) is -0.413. The zero-order chi connectivity index (χ0) is 18.5. The van der Waals surface area contributed by atoms with Gasteiger partial charge in [-0.1, -0.05) is 41.9 Å². The Morgan fingerprint density at radius 2 is 2.04 bits per heavy atom. The standard InChI is InChI=1S/C18H11ClFN5O/c19-15-7-6-13(20)8-12(15)10-22-25-18-23-16(11-4-2-1-3-5-11)14(9-21)17(26)24-18/h1-8,10H,(H2,23,24,25,26). The number of aromatic nitrogens is 2. The minimum atomic E-state index is -0.595. The molecule has 2 aromatic carbocycles. The first-order valence-electron chi connectivity index (χ1n) is 7.42. The first-order chi connectivity index (χ1) is 12.6. The number of H-pyrrole nitrogens is 1. The summed E-state index contributed by atoms with van der Waals surface area (Å²) in [7, 11) is 0. The molecule has 0 fully saturated rings. The van der Waals surface area contributed by atoms with Crippen LogP contribution in [0.3, 0.4) is 0 Å². The van der Waals surface area contributed by atoms with E-state index in [0.717, 1.165) is 0 Å². The van der Waals surface area contributed by atoms with E-state index in [1.165, 1.54) is 24.4 Å². The van der Waals surface area contributed by atoms with Crippen LogP contribution in [0.1, 0.15) is 11.1 Å². The van der Waals surface area contributed by atoms with E-state index in [9.17, 15) is 14.4 Å². The molecule has 0 spiro atoms. The highest BCUT2D eigenvalue weighted by Crippen LogP contribution is 2.19. The Hall–Kier alpha value is -3.50. The third kappa shape index (κ3) is 3.77. The van der Waals surface area contributed by atoms with Gasteiger partial charge in [0, 0.05) is 16.1 Å². The van der Waals surface area contributed by atoms with Gasteiger partial charge in [-0.15, -0.1) is 0 Å². The number of nitrogens with zero attached hydrogens (tertiary/aromatic N) is 3. The monoisotopic (exact) mass is 367 g/mol. The lowest BCUT2D eigenvalue weighted by molar-refractivity contribution is 0.627. The van der Waals surface area contributed by atoms with E-state index in [0.29, 0.717) is 16.1 Å². The van der Waals surface area contributed by atoms with Crippen molar-refractivity contribution in [2.24, 2.45) is 5.10 Å². The van der Waals surface area contributed by atoms with E-state index >= 15 is 0 Å². The molecule has 6 nitrogen and oxygen atoms in total. The summed E-state index contributed by atoms with van der Waals surface area (Å²) in [5, 5.41) is 13.4. The van der Waals surface area contributed by atoms with Crippen LogP contribution >= 0.6 is 11.6 Å². The maximum absolute atomic E-state index is 13.2. The number of rotatable bonds is 4. The molecule has 0 aliphatic heterocycles. The van der Waals surface area contributed by atoms with Gasteiger partial charge in [-0.25, -0.2) is 14.8 Å². The molecule has 8 heteroatoms. The molecule has 0 saturated heterocycles. The number of hydrazone groups is 1. The van der Waals surface area contributed by atoms with Crippen molar-refractivity contribution in [1.82, 2.24) is 9.97 Å². The topological polar surface area (TPSA) is 93.9 Å². The summed E-state index contributed by atoms with van der Waals surface area (Å²) in [6, 6.07) is 14.6. The van der Waals surface area contributed by atoms with Crippen molar-refractivity contribution in [3.05, 3.63) is 80.9 Å². The molecule has 0 saturated carbocycles. The van der Waals surface area contributed by atoms with E-state index in [1.807, 2.05) is 12.1 Å². The molecule has 2 N–H and O–H groups in total. The third-order valence-corrected chi connectivity index (χ3v) is 3.75. The number of benzene rings is 2. The maximum Gasteiger partial charge on any atom is 0.270 e. The van der Waals surface area contributed by atoms with E-state index in [-0.39, 0.29) is 17.2 Å². The molecular formula is C18H11ClFN5O. The average Bonchev–Trinajstić information content (AvgIpc) is 2.65. The van der Waals surface area contributed by atoms with Gasteiger partial charge in [0.05, 0.1) is 11.9 Å². The molecule has 26 heavy (non-hydrogen) atoms. The molecule has 3 aromatic rings. The van der Waals surface area contributed by atoms with Gasteiger partial charge < -0.3 is 0 Å². The Bertz CT molecular complexity index is 1070. The molecule has 128 valence electrons. The lowest BCUT2D eigenvalue weighted by atomic mass is 10.1. The summed E-state index contributed by atoms with van der Waals surface area (Å²) in [4.78, 5) is 18.8. The van der Waals surface area contributed by atoms with Gasteiger partial charge in [0.1, 0.15) is 17.4 Å². The summed E-state index contributed by atoms with van der Waals surface area (Å²) in [5.41, 5.74) is 3.08. The van der Waals surface area contributed by atoms with Gasteiger partial charge in [-0.3, -0.25) is 9.78 Å². The Labute approximate surface area is 152 Å². The van der Waals surface area contributed by atoms with Crippen molar-refractivity contribution in [2.45, 2.75) is 0 Å². The predicted molar refractivity (Wildman–Crippen MR) is 97.6 cm³/mol. The second-order valence-corrected chi connectivity index (χ2v) is 5.56. The first kappa shape index (κ1) is 17.3. The maximum atomic E-state index is 13.2. The average molecular weight is 368 g/mol. The van der Waals surface area contributed by atoms with Crippen LogP contribution in [0.25, 0.3) is 11.3 Å². The number of hydrogen-bond acceptors (Lipinski definition) is 5. The Kier molecular flexibility index (Phi) is 5.06. The van der Waals surface area contributed by atoms with E-state index in [4.69, 9.17) is 11.6 Å². The highest BCUT2D eigenvalue weighted by atomic mass is 35.5. The molecule has 0 atom stereocenters. The zero-order valence-corrected chi connectivity index (χ0v) is 14.0. The fourth-order valence-electron chi connectivity index (χ4n) is 2.21. The number of aromatic amines is 1. The molecule has 0 radical (unpaired) electrons. The van der Waals surface area contributed by atoms with Crippen molar-refractivity contribution in [3.8, 4) is 17.3 Å². The quantitative estimate of drug-likeness (QED) is 0.544. The van der Waals surface area contributed by atoms with Crippen molar-refractivity contribution in [3.63, 3.8) is 0 Å². The van der Waals surface area contributed by atoms with Crippen LogP contribution in [0.5, 0.6) is 0 Å². The summed E-state index contributed by atoms with van der Waals surface area (Å²) in [6.07, 6.45) is 1.30. The summed E-state index contributed by atoms with van der Waals surface area (Å²) >= 11 is 5.95. The van der Waals surface area contributed by atoms with Crippen molar-refractivity contribution in [2.75, 3.05) is 5.43 Å². The van der Waals surface area contributed by atoms with Gasteiger partial charge in [0.15, 0.2) is 0 Å². The number of hydrogen-bond donors (Lipinski definition) is 2. The fraction of sp³-hybridized carbons (Fsp3) is 0. The molecule has 1 aromatic heterocycles. The van der Waals surface area contributed by atoms with Crippen LogP contribution in [0, 0.1) is 17.1 Å². The summed E-state index contributed by atoms with van der Waals surface area (Å²) < 4.78 is 13.2. The highest BCUT2D eigenvalue weighted by molar-refractivity contribution is 6.33. The predicted octanol–water partition coefficient (Wildman–Crippen LogP) is 3.55. The van der Waals surface area contributed by atoms with Gasteiger partial charge in [-0.05, 0) is 18.2 Å². The molecule has 0 unspecified atom stereocenters. The van der Waals surface area contributed by atoms with Gasteiger partial charge in [-0.2, -0.15) is 10.4 Å². The van der Waals surface area contributed by atoms with Crippen LogP contribution in [-0.4, -0.2) is 16.2 Å². The van der Waals surface area contributed by atoms with Gasteiger partial charge in [0.2, 0.25) is 5.95 Å². The molecule has 0 bridgehead atoms. The smallest absolute Gasteiger partial charge is 0.270 e. The Morgan fingerprint density at radius 1 is 1.27 bits per heavy atom. The van der Waals surface area contributed by atoms with Gasteiger partial charge >= 0.3 is 0 Å². The molecule has 0 aliphatic rings. The summed E-state index contributed by atoms with van der Waals surface area (Å²) in [6.45, 7) is 0. The number of nitrogens with one attached hydrogen (secondary N) is 2. The Balaban J connectivity index is 1.93. The minimum Gasteiger partial charge on any atom is -0.290 e. The first-order valence-corrected chi connectivity index (χ1v) is 7.80. The molecule has 0 amide bonds. The van der Waals surface area contributed by atoms with Crippen molar-refractivity contribution in [1.29, 1.82) is 5.26 Å². The Morgan fingerprint density at radius 3 is 2.77 bits per heavy atom. The minimum absolute atomic E-state index is 0.0385. The second-order valence-electron chi connectivity index (χ2n) is 5.15. The number of nitriles is 1. The lowest BCUT2D eigenvalue weighted by Gasteiger charge is -2.06. The van der Waals surface area contributed by atoms with Crippen LogP contribution < -0.4 is 11.0 Å². The van der Waals surface area contributed by atoms with E-state index in [1.54, 1.807) is 24.3 Å². The molecule has 0 aliphatic carbocycles. The number of halogens is 2. The van der Waals surface area contributed by atoms with Crippen LogP contribution in [0.2, 0.25) is 5.02 Å². The highest BCUT2D eigenvalue weighted by Gasteiger charge is 2.12. The van der Waals surface area contributed by atoms with E-state index in [2.05, 4.69) is 20.5 Å². The van der Waals surface area contributed by atoms with Crippen molar-refractivity contribution >= 4 is 23.8 Å². The molecular weight excluding hydrogens is 357 g/mol. The van der Waals surface area contributed by atoms with Crippen LogP contribution in [0.15, 0.2) is 58.4 Å². The third-order valence-electron chi connectivity index (χ3n) is 3.41. The number of anilines is 1. The SMILES string of the molecule is N#Cc1c(-c2ccccc2)nc(NN=Cc2cc(F)ccc2Cl)[nH]c1=O. The van der Waals surface area contributed by atoms with Crippen LogP contribution in [-0.2, 0) is 0 Å². The van der Waals surface area contributed by atoms with E-state index < -0.39 is 11.4 Å². The largest absolute Gasteiger partial charge is 0.290 e. The van der Waals surface area contributed by atoms with Crippen molar-refractivity contribution < 1.29 is 4.39 Å². The molecule has 3 rings (SSSR count). The normalized spacial score (nSPS) is 10.7. The van der Waals surface area contributed by atoms with Crippen LogP contribution in [0.4, 0.5) is 10.3 Å².